The quantitative estimate of drug-likeness (QED) is 0.628. The third-order valence-corrected chi connectivity index (χ3v) is 3.07. The second kappa shape index (κ2) is 6.82. The van der Waals surface area contributed by atoms with E-state index in [2.05, 4.69) is 0 Å². The Morgan fingerprint density at radius 1 is 1.15 bits per heavy atom. The summed E-state index contributed by atoms with van der Waals surface area (Å²) in [5, 5.41) is 0.327. The number of carbonyl (C=O) groups is 1. The molecule has 0 aliphatic heterocycles. The average molecular weight is 285 g/mol. The smallest absolute Gasteiger partial charge is 0.268 e. The molecule has 0 heterocycles. The van der Waals surface area contributed by atoms with Gasteiger partial charge in [-0.1, -0.05) is 30.3 Å². The predicted molar refractivity (Wildman–Crippen MR) is 84.6 cm³/mol. The molecule has 20 heavy (non-hydrogen) atoms. The highest BCUT2D eigenvalue weighted by atomic mass is 32.1. The summed E-state index contributed by atoms with van der Waals surface area (Å²) in [6.45, 7) is 2.35. The van der Waals surface area contributed by atoms with E-state index in [1.165, 1.54) is 0 Å². The first-order valence-electron chi connectivity index (χ1n) is 6.34. The van der Waals surface area contributed by atoms with E-state index >= 15 is 0 Å². The number of benzene rings is 2. The maximum Gasteiger partial charge on any atom is 0.268 e. The van der Waals surface area contributed by atoms with Crippen LogP contribution in [-0.4, -0.2) is 18.1 Å². The van der Waals surface area contributed by atoms with E-state index in [0.29, 0.717) is 23.0 Å². The van der Waals surface area contributed by atoms with Gasteiger partial charge in [0.2, 0.25) is 0 Å². The summed E-state index contributed by atoms with van der Waals surface area (Å²) in [6.07, 6.45) is 0.819. The first-order chi connectivity index (χ1) is 9.77. The number of thiocarbonyl (C=S) groups is 1. The molecule has 2 rings (SSSR count). The monoisotopic (exact) mass is 285 g/mol. The average Bonchev–Trinajstić information content (AvgIpc) is 2.49. The van der Waals surface area contributed by atoms with Gasteiger partial charge in [-0.2, -0.15) is 0 Å². The highest BCUT2D eigenvalue weighted by Gasteiger charge is 2.18. The Balaban J connectivity index is 2.52. The van der Waals surface area contributed by atoms with E-state index in [1.54, 1.807) is 11.0 Å². The maximum absolute atomic E-state index is 11.2. The molecule has 3 nitrogen and oxygen atoms in total. The van der Waals surface area contributed by atoms with E-state index in [1.807, 2.05) is 55.5 Å². The third kappa shape index (κ3) is 3.03. The largest absolute Gasteiger partial charge is 0.471 e. The molecule has 0 unspecified atom stereocenters. The number of anilines is 2. The van der Waals surface area contributed by atoms with Crippen molar-refractivity contribution in [1.82, 2.24) is 0 Å². The zero-order chi connectivity index (χ0) is 14.4. The molecule has 2 aromatic carbocycles. The molecule has 0 N–H and O–H groups in total. The molecular formula is C16H15NO2S. The SMILES string of the molecule is CCOC(=S)N(c1ccccc1)c1ccccc1C=O. The highest BCUT2D eigenvalue weighted by molar-refractivity contribution is 7.80. The lowest BCUT2D eigenvalue weighted by molar-refractivity contribution is 0.112. The summed E-state index contributed by atoms with van der Waals surface area (Å²) in [4.78, 5) is 13.0. The minimum absolute atomic E-state index is 0.327. The maximum atomic E-state index is 11.2. The normalized spacial score (nSPS) is 9.85. The van der Waals surface area contributed by atoms with Gasteiger partial charge < -0.3 is 4.74 Å². The van der Waals surface area contributed by atoms with Gasteiger partial charge in [0.25, 0.3) is 5.17 Å². The van der Waals surface area contributed by atoms with Crippen molar-refractivity contribution >= 4 is 35.1 Å². The summed E-state index contributed by atoms with van der Waals surface area (Å²) in [7, 11) is 0. The van der Waals surface area contributed by atoms with E-state index in [9.17, 15) is 4.79 Å². The van der Waals surface area contributed by atoms with Crippen LogP contribution in [0.15, 0.2) is 54.6 Å². The van der Waals surface area contributed by atoms with Crippen molar-refractivity contribution < 1.29 is 9.53 Å². The first kappa shape index (κ1) is 14.2. The number of ether oxygens (including phenoxy) is 1. The zero-order valence-corrected chi connectivity index (χ0v) is 12.0. The van der Waals surface area contributed by atoms with Gasteiger partial charge in [0, 0.05) is 11.3 Å². The summed E-state index contributed by atoms with van der Waals surface area (Å²) in [6, 6.07) is 16.9. The van der Waals surface area contributed by atoms with E-state index in [4.69, 9.17) is 17.0 Å². The Morgan fingerprint density at radius 3 is 2.45 bits per heavy atom. The number of hydrogen-bond donors (Lipinski definition) is 0. The number of nitrogens with zero attached hydrogens (tertiary/aromatic N) is 1. The van der Waals surface area contributed by atoms with E-state index in [-0.39, 0.29) is 0 Å². The number of aldehydes is 1. The van der Waals surface area contributed by atoms with Gasteiger partial charge in [-0.05, 0) is 43.4 Å². The van der Waals surface area contributed by atoms with E-state index < -0.39 is 0 Å². The van der Waals surface area contributed by atoms with E-state index in [0.717, 1.165) is 12.0 Å². The molecule has 0 saturated carbocycles. The topological polar surface area (TPSA) is 29.5 Å². The lowest BCUT2D eigenvalue weighted by Gasteiger charge is -2.25. The molecule has 2 aromatic rings. The number of hydrogen-bond acceptors (Lipinski definition) is 3. The molecule has 102 valence electrons. The van der Waals surface area contributed by atoms with Gasteiger partial charge in [0.1, 0.15) is 0 Å². The molecule has 0 aromatic heterocycles. The molecule has 0 bridgehead atoms. The van der Waals surface area contributed by atoms with Crippen molar-refractivity contribution in [2.24, 2.45) is 0 Å². The van der Waals surface area contributed by atoms with Gasteiger partial charge in [0.15, 0.2) is 6.29 Å². The van der Waals surface area contributed by atoms with Crippen molar-refractivity contribution in [3.8, 4) is 0 Å². The van der Waals surface area contributed by atoms with Crippen LogP contribution in [-0.2, 0) is 4.74 Å². The molecule has 0 atom stereocenters. The van der Waals surface area contributed by atoms with Gasteiger partial charge >= 0.3 is 0 Å². The Kier molecular flexibility index (Phi) is 4.85. The summed E-state index contributed by atoms with van der Waals surface area (Å²) in [5.74, 6) is 0. The van der Waals surface area contributed by atoms with Crippen molar-refractivity contribution in [2.45, 2.75) is 6.92 Å². The van der Waals surface area contributed by atoms with Crippen molar-refractivity contribution in [2.75, 3.05) is 11.5 Å². The minimum atomic E-state index is 0.327. The van der Waals surface area contributed by atoms with Crippen LogP contribution >= 0.6 is 12.2 Å². The Bertz CT molecular complexity index is 598. The van der Waals surface area contributed by atoms with Crippen LogP contribution in [0, 0.1) is 0 Å². The fourth-order valence-corrected chi connectivity index (χ4v) is 2.22. The molecule has 0 aliphatic carbocycles. The Hall–Kier alpha value is -2.20. The Labute approximate surface area is 123 Å². The third-order valence-electron chi connectivity index (χ3n) is 2.77. The molecule has 0 radical (unpaired) electrons. The molecule has 0 spiro atoms. The van der Waals surface area contributed by atoms with Crippen LogP contribution < -0.4 is 4.90 Å². The van der Waals surface area contributed by atoms with Gasteiger partial charge in [-0.3, -0.25) is 9.69 Å². The van der Waals surface area contributed by atoms with Crippen molar-refractivity contribution in [1.29, 1.82) is 0 Å². The second-order valence-corrected chi connectivity index (χ2v) is 4.40. The summed E-state index contributed by atoms with van der Waals surface area (Å²) >= 11 is 5.33. The first-order valence-corrected chi connectivity index (χ1v) is 6.75. The minimum Gasteiger partial charge on any atom is -0.471 e. The fourth-order valence-electron chi connectivity index (χ4n) is 1.90. The molecule has 0 fully saturated rings. The van der Waals surface area contributed by atoms with Crippen LogP contribution in [0.25, 0.3) is 0 Å². The van der Waals surface area contributed by atoms with Gasteiger partial charge in [-0.25, -0.2) is 0 Å². The predicted octanol–water partition coefficient (Wildman–Crippen LogP) is 3.96. The lowest BCUT2D eigenvalue weighted by Crippen LogP contribution is -2.27. The molecule has 4 heteroatoms. The van der Waals surface area contributed by atoms with Crippen LogP contribution in [0.5, 0.6) is 0 Å². The number of carbonyl (C=O) groups excluding carboxylic acids is 1. The lowest BCUT2D eigenvalue weighted by atomic mass is 10.1. The summed E-state index contributed by atoms with van der Waals surface area (Å²) in [5.41, 5.74) is 2.14. The van der Waals surface area contributed by atoms with Crippen LogP contribution in [0.1, 0.15) is 17.3 Å². The van der Waals surface area contributed by atoms with Crippen LogP contribution in [0.4, 0.5) is 11.4 Å². The van der Waals surface area contributed by atoms with Gasteiger partial charge in [-0.15, -0.1) is 0 Å². The molecular weight excluding hydrogens is 270 g/mol. The molecule has 0 aliphatic rings. The van der Waals surface area contributed by atoms with Crippen LogP contribution in [0.3, 0.4) is 0 Å². The Morgan fingerprint density at radius 2 is 1.80 bits per heavy atom. The molecule has 0 amide bonds. The molecule has 0 saturated heterocycles. The van der Waals surface area contributed by atoms with Gasteiger partial charge in [0.05, 0.1) is 12.3 Å². The number of para-hydroxylation sites is 2. The standard InChI is InChI=1S/C16H15NO2S/c1-2-19-16(20)17(14-9-4-3-5-10-14)15-11-7-6-8-13(15)12-18/h3-12H,2H2,1H3. The fraction of sp³-hybridized carbons (Fsp3) is 0.125. The zero-order valence-electron chi connectivity index (χ0n) is 11.2. The number of rotatable bonds is 4. The summed E-state index contributed by atoms with van der Waals surface area (Å²) < 4.78 is 5.45. The van der Waals surface area contributed by atoms with Crippen molar-refractivity contribution in [3.05, 3.63) is 60.2 Å². The van der Waals surface area contributed by atoms with Crippen LogP contribution in [0.2, 0.25) is 0 Å². The highest BCUT2D eigenvalue weighted by Crippen LogP contribution is 2.28. The second-order valence-electron chi connectivity index (χ2n) is 4.05. The van der Waals surface area contributed by atoms with Crippen molar-refractivity contribution in [3.63, 3.8) is 0 Å².